The Balaban J connectivity index is 2.61. The van der Waals surface area contributed by atoms with E-state index in [0.717, 1.165) is 25.7 Å². The molecule has 0 atom stereocenters. The topological polar surface area (TPSA) is 53.5 Å². The summed E-state index contributed by atoms with van der Waals surface area (Å²) in [6.45, 7) is 0. The highest BCUT2D eigenvalue weighted by Gasteiger charge is 2.20. The minimum atomic E-state index is 0.0206. The van der Waals surface area contributed by atoms with Crippen molar-refractivity contribution in [3.05, 3.63) is 5.53 Å². The monoisotopic (exact) mass is 152 g/mol. The fourth-order valence-electron chi connectivity index (χ4n) is 1.32. The maximum Gasteiger partial charge on any atom is 0.334 e. The SMILES string of the molecule is [N-]=[N+]=C1CCCCCCC1=O. The molecule has 0 radical (unpaired) electrons. The Morgan fingerprint density at radius 1 is 1.09 bits per heavy atom. The Labute approximate surface area is 66.0 Å². The minimum Gasteiger partial charge on any atom is -0.361 e. The predicted molar refractivity (Wildman–Crippen MR) is 41.3 cm³/mol. The first-order chi connectivity index (χ1) is 5.34. The van der Waals surface area contributed by atoms with Crippen molar-refractivity contribution in [1.82, 2.24) is 0 Å². The number of ketones is 1. The van der Waals surface area contributed by atoms with Crippen molar-refractivity contribution < 1.29 is 9.58 Å². The lowest BCUT2D eigenvalue weighted by Crippen LogP contribution is -2.16. The first-order valence-corrected chi connectivity index (χ1v) is 4.08. The normalized spacial score (nSPS) is 20.4. The van der Waals surface area contributed by atoms with Crippen LogP contribution in [0.4, 0.5) is 0 Å². The molecule has 0 aromatic heterocycles. The summed E-state index contributed by atoms with van der Waals surface area (Å²) < 4.78 is 0. The summed E-state index contributed by atoms with van der Waals surface area (Å²) in [6.07, 6.45) is 5.40. The lowest BCUT2D eigenvalue weighted by Gasteiger charge is -2.02. The molecule has 0 spiro atoms. The van der Waals surface area contributed by atoms with Crippen LogP contribution in [-0.2, 0) is 4.79 Å². The van der Waals surface area contributed by atoms with Crippen LogP contribution in [-0.4, -0.2) is 16.3 Å². The van der Waals surface area contributed by atoms with Gasteiger partial charge in [-0.1, -0.05) is 12.8 Å². The third-order valence-electron chi connectivity index (χ3n) is 2.01. The average Bonchev–Trinajstić information content (AvgIpc) is 1.98. The molecule has 0 saturated heterocycles. The lowest BCUT2D eigenvalue weighted by atomic mass is 9.98. The number of rotatable bonds is 0. The maximum atomic E-state index is 11.1. The van der Waals surface area contributed by atoms with Crippen LogP contribution in [0.1, 0.15) is 38.5 Å². The maximum absolute atomic E-state index is 11.1. The van der Waals surface area contributed by atoms with Gasteiger partial charge in [-0.15, -0.1) is 0 Å². The van der Waals surface area contributed by atoms with E-state index in [1.54, 1.807) is 0 Å². The summed E-state index contributed by atoms with van der Waals surface area (Å²) in [6, 6.07) is 0. The summed E-state index contributed by atoms with van der Waals surface area (Å²) in [5.74, 6) is 0.0206. The van der Waals surface area contributed by atoms with Crippen LogP contribution in [0.3, 0.4) is 0 Å². The van der Waals surface area contributed by atoms with E-state index in [2.05, 4.69) is 4.79 Å². The molecule has 0 aliphatic heterocycles. The Morgan fingerprint density at radius 3 is 2.36 bits per heavy atom. The highest BCUT2D eigenvalue weighted by molar-refractivity contribution is 6.37. The van der Waals surface area contributed by atoms with Gasteiger partial charge < -0.3 is 5.53 Å². The van der Waals surface area contributed by atoms with E-state index in [0.29, 0.717) is 18.6 Å². The molecule has 0 unspecified atom stereocenters. The van der Waals surface area contributed by atoms with E-state index >= 15 is 0 Å². The van der Waals surface area contributed by atoms with Crippen LogP contribution in [0, 0.1) is 0 Å². The minimum absolute atomic E-state index is 0.0206. The zero-order valence-electron chi connectivity index (χ0n) is 6.55. The quantitative estimate of drug-likeness (QED) is 0.384. The van der Waals surface area contributed by atoms with Crippen LogP contribution in [0.5, 0.6) is 0 Å². The van der Waals surface area contributed by atoms with Crippen molar-refractivity contribution in [2.24, 2.45) is 0 Å². The molecular weight excluding hydrogens is 140 g/mol. The van der Waals surface area contributed by atoms with E-state index in [-0.39, 0.29) is 5.78 Å². The highest BCUT2D eigenvalue weighted by atomic mass is 16.1. The third-order valence-corrected chi connectivity index (χ3v) is 2.01. The molecule has 1 saturated carbocycles. The highest BCUT2D eigenvalue weighted by Crippen LogP contribution is 2.11. The van der Waals surface area contributed by atoms with Gasteiger partial charge in [0.1, 0.15) is 0 Å². The van der Waals surface area contributed by atoms with Gasteiger partial charge in [0.25, 0.3) is 0 Å². The summed E-state index contributed by atoms with van der Waals surface area (Å²) in [5.41, 5.74) is 8.81. The van der Waals surface area contributed by atoms with Crippen LogP contribution < -0.4 is 0 Å². The van der Waals surface area contributed by atoms with Gasteiger partial charge >= 0.3 is 5.71 Å². The molecule has 60 valence electrons. The van der Waals surface area contributed by atoms with Crippen molar-refractivity contribution in [2.45, 2.75) is 38.5 Å². The molecule has 1 aliphatic carbocycles. The van der Waals surface area contributed by atoms with E-state index in [1.165, 1.54) is 0 Å². The number of carbonyl (C=O) groups excluding carboxylic acids is 1. The van der Waals surface area contributed by atoms with E-state index in [9.17, 15) is 4.79 Å². The van der Waals surface area contributed by atoms with E-state index < -0.39 is 0 Å². The number of hydrogen-bond acceptors (Lipinski definition) is 1. The second-order valence-corrected chi connectivity index (χ2v) is 2.88. The Hall–Kier alpha value is -0.950. The Kier molecular flexibility index (Phi) is 2.99. The fraction of sp³-hybridized carbons (Fsp3) is 0.750. The van der Waals surface area contributed by atoms with Crippen LogP contribution in [0.15, 0.2) is 0 Å². The van der Waals surface area contributed by atoms with Crippen LogP contribution >= 0.6 is 0 Å². The van der Waals surface area contributed by atoms with Gasteiger partial charge in [-0.25, -0.2) is 0 Å². The molecule has 3 heteroatoms. The zero-order chi connectivity index (χ0) is 8.10. The van der Waals surface area contributed by atoms with Crippen LogP contribution in [0.25, 0.3) is 5.53 Å². The van der Waals surface area contributed by atoms with Crippen molar-refractivity contribution in [1.29, 1.82) is 0 Å². The van der Waals surface area contributed by atoms with Crippen LogP contribution in [0.2, 0.25) is 0 Å². The molecule has 0 heterocycles. The van der Waals surface area contributed by atoms with Gasteiger partial charge in [-0.2, -0.15) is 4.79 Å². The predicted octanol–water partition coefficient (Wildman–Crippen LogP) is 1.58. The molecule has 11 heavy (non-hydrogen) atoms. The molecule has 0 aromatic rings. The molecule has 0 bridgehead atoms. The molecule has 3 nitrogen and oxygen atoms in total. The van der Waals surface area contributed by atoms with Gasteiger partial charge in [-0.05, 0) is 12.8 Å². The summed E-state index contributed by atoms with van der Waals surface area (Å²) in [4.78, 5) is 14.1. The second kappa shape index (κ2) is 4.04. The van der Waals surface area contributed by atoms with Crippen molar-refractivity contribution >= 4 is 11.5 Å². The zero-order valence-corrected chi connectivity index (χ0v) is 6.55. The van der Waals surface area contributed by atoms with Gasteiger partial charge in [0.2, 0.25) is 5.78 Å². The number of hydrogen-bond donors (Lipinski definition) is 0. The smallest absolute Gasteiger partial charge is 0.334 e. The third kappa shape index (κ3) is 2.28. The second-order valence-electron chi connectivity index (χ2n) is 2.88. The van der Waals surface area contributed by atoms with Gasteiger partial charge in [0, 0.05) is 6.42 Å². The Morgan fingerprint density at radius 2 is 1.73 bits per heavy atom. The molecule has 0 N–H and O–H groups in total. The summed E-state index contributed by atoms with van der Waals surface area (Å²) in [7, 11) is 0. The molecular formula is C8H12N2O. The first kappa shape index (κ1) is 8.15. The standard InChI is InChI=1S/C8H12N2O/c9-10-7-5-3-1-2-4-6-8(7)11/h1-6H2. The van der Waals surface area contributed by atoms with Crippen molar-refractivity contribution in [2.75, 3.05) is 0 Å². The fourth-order valence-corrected chi connectivity index (χ4v) is 1.32. The summed E-state index contributed by atoms with van der Waals surface area (Å²) >= 11 is 0. The van der Waals surface area contributed by atoms with Crippen molar-refractivity contribution in [3.8, 4) is 0 Å². The Bertz CT molecular complexity index is 204. The lowest BCUT2D eigenvalue weighted by molar-refractivity contribution is -0.117. The largest absolute Gasteiger partial charge is 0.361 e. The molecule has 1 fully saturated rings. The van der Waals surface area contributed by atoms with Gasteiger partial charge in [0.15, 0.2) is 0 Å². The van der Waals surface area contributed by atoms with E-state index in [4.69, 9.17) is 5.53 Å². The van der Waals surface area contributed by atoms with E-state index in [1.807, 2.05) is 0 Å². The van der Waals surface area contributed by atoms with Gasteiger partial charge in [-0.3, -0.25) is 4.79 Å². The van der Waals surface area contributed by atoms with Crippen molar-refractivity contribution in [3.63, 3.8) is 0 Å². The number of nitrogens with zero attached hydrogens (tertiary/aromatic N) is 2. The molecule has 0 aromatic carbocycles. The summed E-state index contributed by atoms with van der Waals surface area (Å²) in [5, 5.41) is 0. The number of Topliss-reactive ketones (excluding diaryl/α,β-unsaturated/α-hetero) is 1. The average molecular weight is 152 g/mol. The molecule has 0 amide bonds. The number of carbonyl (C=O) groups is 1. The first-order valence-electron chi connectivity index (χ1n) is 4.08. The molecule has 1 rings (SSSR count). The molecule has 1 aliphatic rings. The van der Waals surface area contributed by atoms with Gasteiger partial charge in [0.05, 0.1) is 6.42 Å².